The predicted molar refractivity (Wildman–Crippen MR) is 148 cm³/mol. The number of benzene rings is 3. The molecule has 3 aromatic rings. The first-order valence-corrected chi connectivity index (χ1v) is 13.2. The number of hydrogen-bond acceptors (Lipinski definition) is 2. The Bertz CT molecular complexity index is 1240. The minimum atomic E-state index is -0.0696. The number of carbonyl (C=O) groups is 1. The monoisotopic (exact) mass is 477 g/mol. The maximum absolute atomic E-state index is 13.9. The number of urea groups is 1. The van der Waals surface area contributed by atoms with Crippen LogP contribution in [0.4, 0.5) is 10.5 Å². The number of amides is 2. The van der Waals surface area contributed by atoms with Gasteiger partial charge >= 0.3 is 6.03 Å². The molecular formula is C32H35N3O. The zero-order valence-corrected chi connectivity index (χ0v) is 21.1. The molecule has 0 unspecified atom stereocenters. The van der Waals surface area contributed by atoms with Gasteiger partial charge in [0.05, 0.1) is 17.9 Å². The molecule has 0 spiro atoms. The maximum atomic E-state index is 13.9. The number of rotatable bonds is 7. The van der Waals surface area contributed by atoms with Gasteiger partial charge < -0.3 is 0 Å². The second kappa shape index (κ2) is 11.4. The number of hydrazone groups is 1. The molecule has 3 aromatic carbocycles. The zero-order valence-electron chi connectivity index (χ0n) is 21.1. The smallest absolute Gasteiger partial charge is 0.288 e. The minimum Gasteiger partial charge on any atom is -0.288 e. The molecule has 0 bridgehead atoms. The van der Waals surface area contributed by atoms with Gasteiger partial charge in [-0.25, -0.2) is 9.80 Å². The first-order valence-electron chi connectivity index (χ1n) is 13.2. The number of allylic oxidation sites excluding steroid dienone is 1. The fourth-order valence-electron chi connectivity index (χ4n) is 5.40. The van der Waals surface area contributed by atoms with Crippen LogP contribution in [-0.4, -0.2) is 23.3 Å². The van der Waals surface area contributed by atoms with Gasteiger partial charge in [-0.2, -0.15) is 5.10 Å². The van der Waals surface area contributed by atoms with E-state index >= 15 is 0 Å². The van der Waals surface area contributed by atoms with Crippen molar-refractivity contribution in [2.75, 3.05) is 11.4 Å². The highest BCUT2D eigenvalue weighted by Gasteiger charge is 2.32. The Kier molecular flexibility index (Phi) is 7.61. The third kappa shape index (κ3) is 5.43. The van der Waals surface area contributed by atoms with Crippen molar-refractivity contribution in [2.45, 2.75) is 52.0 Å². The van der Waals surface area contributed by atoms with Crippen LogP contribution in [0.2, 0.25) is 0 Å². The Hall–Kier alpha value is -3.66. The van der Waals surface area contributed by atoms with Gasteiger partial charge in [0.25, 0.3) is 0 Å². The van der Waals surface area contributed by atoms with Gasteiger partial charge in [-0.15, -0.1) is 0 Å². The lowest BCUT2D eigenvalue weighted by molar-refractivity contribution is 0.205. The summed E-state index contributed by atoms with van der Waals surface area (Å²) in [5.74, 6) is 0.390. The van der Waals surface area contributed by atoms with Crippen LogP contribution in [0, 0.1) is 5.92 Å². The van der Waals surface area contributed by atoms with Gasteiger partial charge in [0.2, 0.25) is 0 Å². The molecule has 1 aliphatic heterocycles. The van der Waals surface area contributed by atoms with E-state index in [4.69, 9.17) is 5.10 Å². The molecule has 0 atom stereocenters. The van der Waals surface area contributed by atoms with Crippen molar-refractivity contribution in [3.63, 3.8) is 0 Å². The number of fused-ring (bicyclic) bond motifs is 1. The van der Waals surface area contributed by atoms with E-state index in [1.54, 1.807) is 5.01 Å². The van der Waals surface area contributed by atoms with E-state index in [-0.39, 0.29) is 6.03 Å². The number of nitrogens with zero attached hydrogens (tertiary/aromatic N) is 3. The molecule has 4 heteroatoms. The topological polar surface area (TPSA) is 35.9 Å². The largest absolute Gasteiger partial charge is 0.345 e. The number of anilines is 1. The molecule has 0 radical (unpaired) electrons. The molecule has 0 N–H and O–H groups in total. The number of hydrogen-bond donors (Lipinski definition) is 0. The highest BCUT2D eigenvalue weighted by atomic mass is 16.2. The van der Waals surface area contributed by atoms with Crippen molar-refractivity contribution in [3.8, 4) is 0 Å². The number of para-hydroxylation sites is 1. The van der Waals surface area contributed by atoms with Crippen molar-refractivity contribution in [2.24, 2.45) is 11.0 Å². The molecule has 1 saturated carbocycles. The molecule has 1 fully saturated rings. The summed E-state index contributed by atoms with van der Waals surface area (Å²) in [6.45, 7) is 2.98. The molecule has 2 amide bonds. The molecule has 5 rings (SSSR count). The minimum absolute atomic E-state index is 0.0696. The highest BCUT2D eigenvalue weighted by Crippen LogP contribution is 2.34. The normalized spacial score (nSPS) is 16.7. The highest BCUT2D eigenvalue weighted by molar-refractivity contribution is 6.11. The Balaban J connectivity index is 1.50. The van der Waals surface area contributed by atoms with Crippen LogP contribution in [0.5, 0.6) is 0 Å². The van der Waals surface area contributed by atoms with E-state index in [1.807, 2.05) is 36.1 Å². The summed E-state index contributed by atoms with van der Waals surface area (Å²) in [7, 11) is 0. The first-order chi connectivity index (χ1) is 17.7. The van der Waals surface area contributed by atoms with Gasteiger partial charge in [0, 0.05) is 18.0 Å². The SMILES string of the molecule is C/C=C\CN1C(=O)N(Cc2cccc(Cc3ccccc3)c2)N=C(C2CCCCC2)c2ccccc21. The van der Waals surface area contributed by atoms with Crippen LogP contribution in [0.3, 0.4) is 0 Å². The van der Waals surface area contributed by atoms with E-state index in [1.165, 1.54) is 30.4 Å². The van der Waals surface area contributed by atoms with Crippen molar-refractivity contribution in [1.29, 1.82) is 0 Å². The van der Waals surface area contributed by atoms with Crippen LogP contribution in [0.1, 0.15) is 61.3 Å². The van der Waals surface area contributed by atoms with Crippen LogP contribution in [-0.2, 0) is 13.0 Å². The third-order valence-electron chi connectivity index (χ3n) is 7.24. The van der Waals surface area contributed by atoms with E-state index in [0.29, 0.717) is 19.0 Å². The lowest BCUT2D eigenvalue weighted by Crippen LogP contribution is -2.40. The molecule has 1 aliphatic carbocycles. The lowest BCUT2D eigenvalue weighted by atomic mass is 9.83. The van der Waals surface area contributed by atoms with Crippen molar-refractivity contribution < 1.29 is 4.79 Å². The molecule has 36 heavy (non-hydrogen) atoms. The Morgan fingerprint density at radius 1 is 0.861 bits per heavy atom. The van der Waals surface area contributed by atoms with Gasteiger partial charge in [0.15, 0.2) is 0 Å². The summed E-state index contributed by atoms with van der Waals surface area (Å²) in [6, 6.07) is 27.3. The van der Waals surface area contributed by atoms with Crippen molar-refractivity contribution in [3.05, 3.63) is 113 Å². The summed E-state index contributed by atoms with van der Waals surface area (Å²) in [6.07, 6.45) is 10.9. The fourth-order valence-corrected chi connectivity index (χ4v) is 5.40. The summed E-state index contributed by atoms with van der Waals surface area (Å²) in [5, 5.41) is 6.83. The second-order valence-electron chi connectivity index (χ2n) is 9.84. The van der Waals surface area contributed by atoms with E-state index in [2.05, 4.69) is 66.7 Å². The summed E-state index contributed by atoms with van der Waals surface area (Å²) < 4.78 is 0. The van der Waals surface area contributed by atoms with Crippen LogP contribution in [0.25, 0.3) is 0 Å². The van der Waals surface area contributed by atoms with E-state index in [0.717, 1.165) is 41.8 Å². The molecule has 1 heterocycles. The van der Waals surface area contributed by atoms with Crippen molar-refractivity contribution in [1.82, 2.24) is 5.01 Å². The van der Waals surface area contributed by atoms with Crippen LogP contribution in [0.15, 0.2) is 96.1 Å². The summed E-state index contributed by atoms with van der Waals surface area (Å²) in [5.41, 5.74) is 6.76. The average molecular weight is 478 g/mol. The maximum Gasteiger partial charge on any atom is 0.345 e. The summed E-state index contributed by atoms with van der Waals surface area (Å²) in [4.78, 5) is 15.8. The third-order valence-corrected chi connectivity index (χ3v) is 7.24. The Morgan fingerprint density at radius 2 is 1.58 bits per heavy atom. The zero-order chi connectivity index (χ0) is 24.7. The quantitative estimate of drug-likeness (QED) is 0.323. The standard InChI is InChI=1S/C32H35N3O/c1-2-3-21-34-30-20-11-10-19-29(30)31(28-17-8-5-9-18-28)33-35(32(34)36)24-27-16-12-15-26(23-27)22-25-13-6-4-7-14-25/h2-4,6-7,10-16,19-20,23,28H,5,8-9,17-18,21-22,24H2,1H3/b3-2-. The van der Waals surface area contributed by atoms with Crippen LogP contribution < -0.4 is 4.90 Å². The van der Waals surface area contributed by atoms with Gasteiger partial charge in [-0.05, 0) is 48.9 Å². The molecule has 4 nitrogen and oxygen atoms in total. The molecule has 184 valence electrons. The van der Waals surface area contributed by atoms with Crippen molar-refractivity contribution >= 4 is 17.4 Å². The molecule has 0 aromatic heterocycles. The Labute approximate surface area is 215 Å². The average Bonchev–Trinajstić information content (AvgIpc) is 3.03. The predicted octanol–water partition coefficient (Wildman–Crippen LogP) is 7.58. The molecule has 0 saturated heterocycles. The fraction of sp³-hybridized carbons (Fsp3) is 0.312. The number of carbonyl (C=O) groups excluding carboxylic acids is 1. The van der Waals surface area contributed by atoms with E-state index in [9.17, 15) is 4.79 Å². The van der Waals surface area contributed by atoms with Crippen LogP contribution >= 0.6 is 0 Å². The van der Waals surface area contributed by atoms with Gasteiger partial charge in [-0.3, -0.25) is 4.90 Å². The molecule has 2 aliphatic rings. The second-order valence-corrected chi connectivity index (χ2v) is 9.84. The molecular weight excluding hydrogens is 442 g/mol. The van der Waals surface area contributed by atoms with Gasteiger partial charge in [-0.1, -0.05) is 104 Å². The summed E-state index contributed by atoms with van der Waals surface area (Å²) >= 11 is 0. The van der Waals surface area contributed by atoms with Gasteiger partial charge in [0.1, 0.15) is 0 Å². The lowest BCUT2D eigenvalue weighted by Gasteiger charge is -2.25. The first kappa shape index (κ1) is 24.1. The van der Waals surface area contributed by atoms with E-state index < -0.39 is 0 Å². The Morgan fingerprint density at radius 3 is 2.39 bits per heavy atom.